The lowest BCUT2D eigenvalue weighted by Crippen LogP contribution is -2.14. The quantitative estimate of drug-likeness (QED) is 0.839. The summed E-state index contributed by atoms with van der Waals surface area (Å²) in [5, 5.41) is 2.36. The first-order chi connectivity index (χ1) is 9.79. The molecule has 0 aliphatic heterocycles. The van der Waals surface area contributed by atoms with Crippen molar-refractivity contribution in [1.82, 2.24) is 4.98 Å². The zero-order valence-corrected chi connectivity index (χ0v) is 11.6. The second-order valence-electron chi connectivity index (χ2n) is 4.32. The Morgan fingerprint density at radius 3 is 2.62 bits per heavy atom. The standard InChI is InChI=1S/C14H10ClF3N2O/c1-8-4-5-9(7-11(8)14(16,17)18)20-13(21)10-3-2-6-19-12(10)15/h2-7H,1H3,(H,20,21). The van der Waals surface area contributed by atoms with Crippen molar-refractivity contribution in [2.75, 3.05) is 5.32 Å². The molecular weight excluding hydrogens is 305 g/mol. The van der Waals surface area contributed by atoms with Gasteiger partial charge < -0.3 is 5.32 Å². The molecule has 0 atom stereocenters. The topological polar surface area (TPSA) is 42.0 Å². The van der Waals surface area contributed by atoms with Crippen LogP contribution in [-0.2, 0) is 6.18 Å². The number of aromatic nitrogens is 1. The number of alkyl halides is 3. The molecule has 110 valence electrons. The summed E-state index contributed by atoms with van der Waals surface area (Å²) in [5.74, 6) is -0.620. The van der Waals surface area contributed by atoms with Crippen LogP contribution in [0.25, 0.3) is 0 Å². The molecule has 0 radical (unpaired) electrons. The van der Waals surface area contributed by atoms with Gasteiger partial charge in [0.2, 0.25) is 0 Å². The van der Waals surface area contributed by atoms with E-state index in [0.29, 0.717) is 0 Å². The Bertz CT molecular complexity index is 686. The van der Waals surface area contributed by atoms with Gasteiger partial charge in [0.05, 0.1) is 11.1 Å². The Morgan fingerprint density at radius 1 is 1.29 bits per heavy atom. The lowest BCUT2D eigenvalue weighted by molar-refractivity contribution is -0.138. The lowest BCUT2D eigenvalue weighted by atomic mass is 10.1. The smallest absolute Gasteiger partial charge is 0.322 e. The van der Waals surface area contributed by atoms with E-state index in [1.807, 2.05) is 0 Å². The van der Waals surface area contributed by atoms with Gasteiger partial charge in [0, 0.05) is 11.9 Å². The molecule has 7 heteroatoms. The third kappa shape index (κ3) is 3.52. The molecule has 1 aromatic heterocycles. The van der Waals surface area contributed by atoms with Crippen LogP contribution < -0.4 is 5.32 Å². The molecule has 0 saturated heterocycles. The van der Waals surface area contributed by atoms with E-state index in [0.717, 1.165) is 6.07 Å². The Hall–Kier alpha value is -2.08. The maximum absolute atomic E-state index is 12.8. The van der Waals surface area contributed by atoms with E-state index in [9.17, 15) is 18.0 Å². The Morgan fingerprint density at radius 2 is 2.00 bits per heavy atom. The van der Waals surface area contributed by atoms with Crippen molar-refractivity contribution in [1.29, 1.82) is 0 Å². The fraction of sp³-hybridized carbons (Fsp3) is 0.143. The van der Waals surface area contributed by atoms with Crippen molar-refractivity contribution in [3.63, 3.8) is 0 Å². The third-order valence-electron chi connectivity index (χ3n) is 2.80. The number of hydrogen-bond donors (Lipinski definition) is 1. The molecule has 1 heterocycles. The number of nitrogens with one attached hydrogen (secondary N) is 1. The highest BCUT2D eigenvalue weighted by Crippen LogP contribution is 2.33. The molecule has 0 saturated carbocycles. The van der Waals surface area contributed by atoms with Crippen LogP contribution in [0.15, 0.2) is 36.5 Å². The highest BCUT2D eigenvalue weighted by atomic mass is 35.5. The number of hydrogen-bond acceptors (Lipinski definition) is 2. The number of rotatable bonds is 2. The highest BCUT2D eigenvalue weighted by molar-refractivity contribution is 6.33. The molecule has 2 rings (SSSR count). The van der Waals surface area contributed by atoms with Crippen LogP contribution in [-0.4, -0.2) is 10.9 Å². The third-order valence-corrected chi connectivity index (χ3v) is 3.11. The number of halogens is 4. The van der Waals surface area contributed by atoms with Gasteiger partial charge >= 0.3 is 6.18 Å². The number of aryl methyl sites for hydroxylation is 1. The van der Waals surface area contributed by atoms with Gasteiger partial charge in [-0.25, -0.2) is 4.98 Å². The van der Waals surface area contributed by atoms with Crippen LogP contribution in [0.3, 0.4) is 0 Å². The first-order valence-corrected chi connectivity index (χ1v) is 6.26. The number of pyridine rings is 1. The van der Waals surface area contributed by atoms with E-state index in [-0.39, 0.29) is 22.0 Å². The van der Waals surface area contributed by atoms with Crippen LogP contribution in [0, 0.1) is 6.92 Å². The number of carbonyl (C=O) groups excluding carboxylic acids is 1. The number of amides is 1. The second-order valence-corrected chi connectivity index (χ2v) is 4.68. The highest BCUT2D eigenvalue weighted by Gasteiger charge is 2.32. The second kappa shape index (κ2) is 5.73. The predicted molar refractivity (Wildman–Crippen MR) is 73.4 cm³/mol. The molecule has 1 N–H and O–H groups in total. The molecule has 2 aromatic rings. The average molecular weight is 315 g/mol. The summed E-state index contributed by atoms with van der Waals surface area (Å²) in [5.41, 5.74) is -0.580. The normalized spacial score (nSPS) is 11.3. The monoisotopic (exact) mass is 314 g/mol. The van der Waals surface area contributed by atoms with Gasteiger partial charge in [-0.1, -0.05) is 17.7 Å². The molecular formula is C14H10ClF3N2O. The minimum Gasteiger partial charge on any atom is -0.322 e. The first-order valence-electron chi connectivity index (χ1n) is 5.89. The van der Waals surface area contributed by atoms with Crippen molar-refractivity contribution in [3.05, 3.63) is 58.4 Å². The molecule has 1 aromatic carbocycles. The minimum atomic E-state index is -4.48. The van der Waals surface area contributed by atoms with Crippen molar-refractivity contribution in [2.45, 2.75) is 13.1 Å². The molecule has 0 aliphatic carbocycles. The number of nitrogens with zero attached hydrogens (tertiary/aromatic N) is 1. The van der Waals surface area contributed by atoms with Gasteiger partial charge in [-0.15, -0.1) is 0 Å². The molecule has 1 amide bonds. The Kier molecular flexibility index (Phi) is 4.18. The van der Waals surface area contributed by atoms with Gasteiger partial charge in [-0.2, -0.15) is 13.2 Å². The molecule has 3 nitrogen and oxygen atoms in total. The van der Waals surface area contributed by atoms with Crippen LogP contribution in [0.2, 0.25) is 5.15 Å². The van der Waals surface area contributed by atoms with E-state index in [1.165, 1.54) is 37.4 Å². The van der Waals surface area contributed by atoms with Gasteiger partial charge in [-0.05, 0) is 36.8 Å². The SMILES string of the molecule is Cc1ccc(NC(=O)c2cccnc2Cl)cc1C(F)(F)F. The fourth-order valence-electron chi connectivity index (χ4n) is 1.76. The summed E-state index contributed by atoms with van der Waals surface area (Å²) < 4.78 is 38.4. The van der Waals surface area contributed by atoms with Crippen molar-refractivity contribution < 1.29 is 18.0 Å². The van der Waals surface area contributed by atoms with Crippen molar-refractivity contribution >= 4 is 23.2 Å². The summed E-state index contributed by atoms with van der Waals surface area (Å²) in [4.78, 5) is 15.7. The molecule has 0 bridgehead atoms. The van der Waals surface area contributed by atoms with E-state index in [1.54, 1.807) is 0 Å². The predicted octanol–water partition coefficient (Wildman–Crippen LogP) is 4.31. The molecule has 0 aliphatic rings. The van der Waals surface area contributed by atoms with Crippen LogP contribution in [0.4, 0.5) is 18.9 Å². The maximum Gasteiger partial charge on any atom is 0.416 e. The lowest BCUT2D eigenvalue weighted by Gasteiger charge is -2.13. The Balaban J connectivity index is 2.29. The van der Waals surface area contributed by atoms with Crippen molar-refractivity contribution in [2.24, 2.45) is 0 Å². The Labute approximate surface area is 123 Å². The van der Waals surface area contributed by atoms with Gasteiger partial charge in [0.25, 0.3) is 5.91 Å². The van der Waals surface area contributed by atoms with Gasteiger partial charge in [0.15, 0.2) is 0 Å². The fourth-order valence-corrected chi connectivity index (χ4v) is 1.96. The summed E-state index contributed by atoms with van der Waals surface area (Å²) >= 11 is 5.76. The molecule has 0 spiro atoms. The number of anilines is 1. The zero-order valence-electron chi connectivity index (χ0n) is 10.8. The summed E-state index contributed by atoms with van der Waals surface area (Å²) in [6, 6.07) is 6.52. The molecule has 0 unspecified atom stereocenters. The first kappa shape index (κ1) is 15.3. The van der Waals surface area contributed by atoms with Gasteiger partial charge in [-0.3, -0.25) is 4.79 Å². The number of benzene rings is 1. The maximum atomic E-state index is 12.8. The van der Waals surface area contributed by atoms with Crippen molar-refractivity contribution in [3.8, 4) is 0 Å². The van der Waals surface area contributed by atoms with E-state index >= 15 is 0 Å². The van der Waals surface area contributed by atoms with Crippen LogP contribution in [0.1, 0.15) is 21.5 Å². The average Bonchev–Trinajstić information content (AvgIpc) is 2.40. The van der Waals surface area contributed by atoms with Gasteiger partial charge in [0.1, 0.15) is 5.15 Å². The summed E-state index contributed by atoms with van der Waals surface area (Å²) in [6.07, 6.45) is -3.07. The van der Waals surface area contributed by atoms with E-state index < -0.39 is 17.6 Å². The number of carbonyl (C=O) groups is 1. The zero-order chi connectivity index (χ0) is 15.6. The minimum absolute atomic E-state index is 0.0156. The van der Waals surface area contributed by atoms with E-state index in [2.05, 4.69) is 10.3 Å². The van der Waals surface area contributed by atoms with E-state index in [4.69, 9.17) is 11.6 Å². The molecule has 0 fully saturated rings. The summed E-state index contributed by atoms with van der Waals surface area (Å²) in [7, 11) is 0. The van der Waals surface area contributed by atoms with Crippen LogP contribution >= 0.6 is 11.6 Å². The molecule has 21 heavy (non-hydrogen) atoms. The van der Waals surface area contributed by atoms with Crippen LogP contribution in [0.5, 0.6) is 0 Å². The largest absolute Gasteiger partial charge is 0.416 e. The summed E-state index contributed by atoms with van der Waals surface area (Å²) in [6.45, 7) is 1.35.